The number of benzene rings is 1. The van der Waals surface area contributed by atoms with Crippen molar-refractivity contribution in [2.24, 2.45) is 0 Å². The smallest absolute Gasteiger partial charge is 0.252 e. The van der Waals surface area contributed by atoms with Gasteiger partial charge >= 0.3 is 0 Å². The van der Waals surface area contributed by atoms with Gasteiger partial charge in [0.05, 0.1) is 26.9 Å². The van der Waals surface area contributed by atoms with E-state index in [1.165, 1.54) is 0 Å². The molecule has 1 amide bonds. The van der Waals surface area contributed by atoms with Crippen LogP contribution in [0.1, 0.15) is 36.0 Å². The Morgan fingerprint density at radius 1 is 1.07 bits per heavy atom. The normalized spacial score (nSPS) is 18.5. The van der Waals surface area contributed by atoms with Gasteiger partial charge in [-0.15, -0.1) is 11.3 Å². The number of aromatic nitrogens is 1. The minimum Gasteiger partial charge on any atom is -0.349 e. The number of carbonyl (C=O) groups excluding carboxylic acids is 1. The van der Waals surface area contributed by atoms with E-state index in [1.54, 1.807) is 15.6 Å². The average Bonchev–Trinajstić information content (AvgIpc) is 3.49. The van der Waals surface area contributed by atoms with E-state index in [4.69, 9.17) is 4.98 Å². The van der Waals surface area contributed by atoms with Gasteiger partial charge < -0.3 is 5.32 Å². The van der Waals surface area contributed by atoms with Crippen LogP contribution in [0.25, 0.3) is 21.5 Å². The van der Waals surface area contributed by atoms with Crippen molar-refractivity contribution >= 4 is 38.2 Å². The number of amides is 1. The van der Waals surface area contributed by atoms with Gasteiger partial charge in [0, 0.05) is 24.5 Å². The minimum absolute atomic E-state index is 0.0275. The molecular formula is C22H23N3O3S2. The van der Waals surface area contributed by atoms with Crippen molar-refractivity contribution in [2.75, 3.05) is 13.1 Å². The first-order chi connectivity index (χ1) is 14.5. The Hall–Kier alpha value is -2.29. The average molecular weight is 442 g/mol. The van der Waals surface area contributed by atoms with Gasteiger partial charge in [-0.25, -0.2) is 17.7 Å². The lowest BCUT2D eigenvalue weighted by molar-refractivity contribution is 0.0925. The molecule has 1 N–H and O–H groups in total. The molecular weight excluding hydrogens is 418 g/mol. The Morgan fingerprint density at radius 3 is 2.53 bits per heavy atom. The molecule has 1 aliphatic heterocycles. The lowest BCUT2D eigenvalue weighted by atomic mass is 10.0. The molecule has 0 radical (unpaired) electrons. The monoisotopic (exact) mass is 441 g/mol. The predicted octanol–water partition coefficient (Wildman–Crippen LogP) is 3.65. The third-order valence-electron chi connectivity index (χ3n) is 5.83. The van der Waals surface area contributed by atoms with Crippen LogP contribution in [0.3, 0.4) is 0 Å². The van der Waals surface area contributed by atoms with E-state index in [0.29, 0.717) is 31.5 Å². The predicted molar refractivity (Wildman–Crippen MR) is 119 cm³/mol. The lowest BCUT2D eigenvalue weighted by Gasteiger charge is -2.31. The number of piperidine rings is 1. The number of para-hydroxylation sites is 1. The number of hydrogen-bond acceptors (Lipinski definition) is 5. The second-order valence-electron chi connectivity index (χ2n) is 7.94. The Kier molecular flexibility index (Phi) is 5.08. The Bertz CT molecular complexity index is 1180. The molecule has 2 fully saturated rings. The molecule has 8 heteroatoms. The third kappa shape index (κ3) is 3.75. The van der Waals surface area contributed by atoms with E-state index in [9.17, 15) is 13.2 Å². The number of nitrogens with zero attached hydrogens (tertiary/aromatic N) is 2. The van der Waals surface area contributed by atoms with Crippen molar-refractivity contribution in [1.82, 2.24) is 14.6 Å². The number of fused-ring (bicyclic) bond motifs is 1. The van der Waals surface area contributed by atoms with Crippen molar-refractivity contribution in [3.63, 3.8) is 0 Å². The van der Waals surface area contributed by atoms with Crippen LogP contribution in [0.5, 0.6) is 0 Å². The van der Waals surface area contributed by atoms with Gasteiger partial charge in [-0.3, -0.25) is 4.79 Å². The molecule has 1 aliphatic carbocycles. The molecule has 1 saturated heterocycles. The summed E-state index contributed by atoms with van der Waals surface area (Å²) in [5.41, 5.74) is 2.19. The molecule has 6 nitrogen and oxygen atoms in total. The van der Waals surface area contributed by atoms with Crippen LogP contribution in [0.2, 0.25) is 0 Å². The molecule has 2 aliphatic rings. The molecule has 0 atom stereocenters. The second kappa shape index (κ2) is 7.76. The highest BCUT2D eigenvalue weighted by molar-refractivity contribution is 7.90. The lowest BCUT2D eigenvalue weighted by Crippen LogP contribution is -2.47. The highest BCUT2D eigenvalue weighted by Gasteiger charge is 2.41. The summed E-state index contributed by atoms with van der Waals surface area (Å²) < 4.78 is 26.5. The highest BCUT2D eigenvalue weighted by atomic mass is 32.2. The molecule has 3 heterocycles. The maximum Gasteiger partial charge on any atom is 0.252 e. The zero-order chi connectivity index (χ0) is 20.7. The molecule has 1 saturated carbocycles. The Labute approximate surface area is 180 Å². The van der Waals surface area contributed by atoms with Gasteiger partial charge in [0.25, 0.3) is 5.91 Å². The van der Waals surface area contributed by atoms with Crippen LogP contribution in [-0.4, -0.2) is 48.0 Å². The maximum atomic E-state index is 13.2. The quantitative estimate of drug-likeness (QED) is 0.655. The van der Waals surface area contributed by atoms with Crippen molar-refractivity contribution in [1.29, 1.82) is 0 Å². The molecule has 3 aromatic rings. The molecule has 0 unspecified atom stereocenters. The molecule has 0 spiro atoms. The fraction of sp³-hybridized carbons (Fsp3) is 0.364. The van der Waals surface area contributed by atoms with E-state index in [1.807, 2.05) is 47.8 Å². The molecule has 156 valence electrons. The van der Waals surface area contributed by atoms with Crippen molar-refractivity contribution < 1.29 is 13.2 Å². The summed E-state index contributed by atoms with van der Waals surface area (Å²) in [7, 11) is -3.14. The summed E-state index contributed by atoms with van der Waals surface area (Å²) in [6.45, 7) is 0.947. The topological polar surface area (TPSA) is 79.4 Å². The van der Waals surface area contributed by atoms with Gasteiger partial charge in [0.2, 0.25) is 10.0 Å². The van der Waals surface area contributed by atoms with Gasteiger partial charge in [0.1, 0.15) is 0 Å². The van der Waals surface area contributed by atoms with E-state index >= 15 is 0 Å². The van der Waals surface area contributed by atoms with Crippen LogP contribution >= 0.6 is 11.3 Å². The number of pyridine rings is 1. The third-order valence-corrected chi connectivity index (χ3v) is 9.12. The zero-order valence-electron chi connectivity index (χ0n) is 16.5. The largest absolute Gasteiger partial charge is 0.349 e. The SMILES string of the molecule is O=C(NC1CCN(S(=O)(=O)C2CC2)CC1)c1cc(-c2cccs2)nc2ccccc12. The summed E-state index contributed by atoms with van der Waals surface area (Å²) in [5, 5.41) is 5.77. The number of carbonyl (C=O) groups is 1. The van der Waals surface area contributed by atoms with Crippen LogP contribution in [0.4, 0.5) is 0 Å². The van der Waals surface area contributed by atoms with Crippen LogP contribution in [0, 0.1) is 0 Å². The van der Waals surface area contributed by atoms with Crippen LogP contribution < -0.4 is 5.32 Å². The zero-order valence-corrected chi connectivity index (χ0v) is 18.1. The molecule has 5 rings (SSSR count). The molecule has 2 aromatic heterocycles. The fourth-order valence-corrected chi connectivity index (χ4v) is 6.57. The van der Waals surface area contributed by atoms with Gasteiger partial charge in [-0.05, 0) is 49.3 Å². The second-order valence-corrected chi connectivity index (χ2v) is 11.1. The van der Waals surface area contributed by atoms with Crippen molar-refractivity contribution in [3.8, 4) is 10.6 Å². The van der Waals surface area contributed by atoms with Gasteiger partial charge in [-0.1, -0.05) is 24.3 Å². The number of thiophene rings is 1. The van der Waals surface area contributed by atoms with E-state index in [-0.39, 0.29) is 17.2 Å². The molecule has 0 bridgehead atoms. The molecule has 1 aromatic carbocycles. The van der Waals surface area contributed by atoms with Crippen molar-refractivity contribution in [3.05, 3.63) is 53.4 Å². The van der Waals surface area contributed by atoms with Gasteiger partial charge in [-0.2, -0.15) is 0 Å². The van der Waals surface area contributed by atoms with E-state index in [0.717, 1.165) is 34.3 Å². The summed E-state index contributed by atoms with van der Waals surface area (Å²) in [4.78, 5) is 18.9. The maximum absolute atomic E-state index is 13.2. The van der Waals surface area contributed by atoms with Crippen LogP contribution in [0.15, 0.2) is 47.8 Å². The number of rotatable bonds is 5. The first-order valence-corrected chi connectivity index (χ1v) is 12.6. The van der Waals surface area contributed by atoms with Gasteiger partial charge in [0.15, 0.2) is 0 Å². The van der Waals surface area contributed by atoms with E-state index in [2.05, 4.69) is 5.32 Å². The summed E-state index contributed by atoms with van der Waals surface area (Å²) in [5.74, 6) is -0.130. The van der Waals surface area contributed by atoms with Crippen molar-refractivity contribution in [2.45, 2.75) is 37.0 Å². The number of sulfonamides is 1. The summed E-state index contributed by atoms with van der Waals surface area (Å²) in [6.07, 6.45) is 2.83. The minimum atomic E-state index is -3.14. The van der Waals surface area contributed by atoms with E-state index < -0.39 is 10.0 Å². The summed E-state index contributed by atoms with van der Waals surface area (Å²) >= 11 is 1.59. The molecule has 30 heavy (non-hydrogen) atoms. The summed E-state index contributed by atoms with van der Waals surface area (Å²) in [6, 6.07) is 13.5. The Balaban J connectivity index is 1.35. The first kappa shape index (κ1) is 19.7. The van der Waals surface area contributed by atoms with Crippen LogP contribution in [-0.2, 0) is 10.0 Å². The Morgan fingerprint density at radius 2 is 1.83 bits per heavy atom. The highest BCUT2D eigenvalue weighted by Crippen LogP contribution is 2.32. The fourth-order valence-electron chi connectivity index (χ4n) is 4.01. The number of nitrogens with one attached hydrogen (secondary N) is 1. The number of hydrogen-bond donors (Lipinski definition) is 1. The standard InChI is InChI=1S/C22H23N3O3S2/c26-22(23-15-9-11-25(12-10-15)30(27,28)16-7-8-16)18-14-20(21-6-3-13-29-21)24-19-5-2-1-4-17(18)19/h1-6,13-16H,7-12H2,(H,23,26). The first-order valence-electron chi connectivity index (χ1n) is 10.3.